The monoisotopic (exact) mass is 350 g/mol. The third kappa shape index (κ3) is 4.70. The van der Waals surface area contributed by atoms with Gasteiger partial charge in [-0.3, -0.25) is 0 Å². The van der Waals surface area contributed by atoms with Gasteiger partial charge in [-0.25, -0.2) is 9.59 Å². The van der Waals surface area contributed by atoms with Gasteiger partial charge in [0.05, 0.1) is 17.3 Å². The molecule has 0 bridgehead atoms. The van der Waals surface area contributed by atoms with Crippen LogP contribution in [0.3, 0.4) is 0 Å². The normalized spacial score (nSPS) is 13.5. The molecule has 19 heavy (non-hydrogen) atoms. The predicted octanol–water partition coefficient (Wildman–Crippen LogP) is 2.06. The second-order valence-electron chi connectivity index (χ2n) is 4.01. The molecule has 104 valence electrons. The molecule has 0 aromatic heterocycles. The molecule has 6 nitrogen and oxygen atoms in total. The van der Waals surface area contributed by atoms with Gasteiger partial charge in [0.15, 0.2) is 5.60 Å². The number of hydrogen-bond donors (Lipinski definition) is 4. The fourth-order valence-corrected chi connectivity index (χ4v) is 1.81. The first kappa shape index (κ1) is 15.7. The summed E-state index contributed by atoms with van der Waals surface area (Å²) in [4.78, 5) is 22.2. The Morgan fingerprint density at radius 1 is 1.47 bits per heavy atom. The molecule has 4 N–H and O–H groups in total. The van der Waals surface area contributed by atoms with Gasteiger partial charge in [0.1, 0.15) is 0 Å². The fourth-order valence-electron chi connectivity index (χ4n) is 1.09. The van der Waals surface area contributed by atoms with E-state index in [2.05, 4.69) is 26.6 Å². The van der Waals surface area contributed by atoms with E-state index >= 15 is 0 Å². The Morgan fingerprint density at radius 2 is 2.11 bits per heavy atom. The lowest BCUT2D eigenvalue weighted by atomic mass is 10.1. The van der Waals surface area contributed by atoms with Gasteiger partial charge in [0, 0.05) is 4.47 Å². The van der Waals surface area contributed by atoms with Gasteiger partial charge in [0.25, 0.3) is 0 Å². The second kappa shape index (κ2) is 6.23. The molecule has 8 heteroatoms. The SMILES string of the molecule is CC(O)(CNC(=O)Nc1ccc(Br)cc1Cl)C(=O)O. The zero-order valence-electron chi connectivity index (χ0n) is 9.91. The number of benzene rings is 1. The van der Waals surface area contributed by atoms with Gasteiger partial charge in [-0.1, -0.05) is 27.5 Å². The highest BCUT2D eigenvalue weighted by Crippen LogP contribution is 2.25. The first-order valence-corrected chi connectivity index (χ1v) is 6.35. The molecule has 0 fully saturated rings. The largest absolute Gasteiger partial charge is 0.479 e. The minimum Gasteiger partial charge on any atom is -0.479 e. The van der Waals surface area contributed by atoms with Gasteiger partial charge in [-0.05, 0) is 25.1 Å². The van der Waals surface area contributed by atoms with Crippen molar-refractivity contribution in [2.24, 2.45) is 0 Å². The molecule has 1 unspecified atom stereocenters. The molecule has 2 amide bonds. The highest BCUT2D eigenvalue weighted by molar-refractivity contribution is 9.10. The molecule has 0 saturated carbocycles. The second-order valence-corrected chi connectivity index (χ2v) is 5.33. The highest BCUT2D eigenvalue weighted by atomic mass is 79.9. The molecule has 0 spiro atoms. The van der Waals surface area contributed by atoms with Crippen LogP contribution in [0.15, 0.2) is 22.7 Å². The van der Waals surface area contributed by atoms with E-state index < -0.39 is 24.1 Å². The van der Waals surface area contributed by atoms with Crippen LogP contribution in [0, 0.1) is 0 Å². The van der Waals surface area contributed by atoms with Crippen molar-refractivity contribution in [1.29, 1.82) is 0 Å². The summed E-state index contributed by atoms with van der Waals surface area (Å²) in [6, 6.07) is 4.21. The number of carbonyl (C=O) groups is 2. The van der Waals surface area contributed by atoms with Crippen LogP contribution in [0.2, 0.25) is 5.02 Å². The summed E-state index contributed by atoms with van der Waals surface area (Å²) >= 11 is 9.12. The molecular formula is C11H12BrClN2O4. The number of nitrogens with one attached hydrogen (secondary N) is 2. The summed E-state index contributed by atoms with van der Waals surface area (Å²) in [6.07, 6.45) is 0. The average molecular weight is 352 g/mol. The Bertz CT molecular complexity index is 507. The Hall–Kier alpha value is -1.31. The molecular weight excluding hydrogens is 339 g/mol. The average Bonchev–Trinajstić information content (AvgIpc) is 2.30. The molecule has 0 saturated heterocycles. The number of halogens is 2. The molecule has 1 aromatic carbocycles. The number of carboxylic acids is 1. The standard InChI is InChI=1S/C11H12BrClN2O4/c1-11(19,9(16)17)5-14-10(18)15-8-3-2-6(12)4-7(8)13/h2-4,19H,5H2,1H3,(H,16,17)(H2,14,15,18). The number of carbonyl (C=O) groups excluding carboxylic acids is 1. The van der Waals surface area contributed by atoms with Crippen LogP contribution >= 0.6 is 27.5 Å². The topological polar surface area (TPSA) is 98.7 Å². The highest BCUT2D eigenvalue weighted by Gasteiger charge is 2.30. The molecule has 1 aromatic rings. The van der Waals surface area contributed by atoms with Crippen LogP contribution in [0.5, 0.6) is 0 Å². The lowest BCUT2D eigenvalue weighted by molar-refractivity contribution is -0.155. The summed E-state index contributed by atoms with van der Waals surface area (Å²) in [7, 11) is 0. The third-order valence-electron chi connectivity index (χ3n) is 2.23. The number of carboxylic acid groups (broad SMARTS) is 1. The van der Waals surface area contributed by atoms with Crippen LogP contribution < -0.4 is 10.6 Å². The Balaban J connectivity index is 2.59. The van der Waals surface area contributed by atoms with E-state index in [4.69, 9.17) is 16.7 Å². The summed E-state index contributed by atoms with van der Waals surface area (Å²) in [5, 5.41) is 23.1. The van der Waals surface area contributed by atoms with Crippen molar-refractivity contribution in [1.82, 2.24) is 5.32 Å². The van der Waals surface area contributed by atoms with Gasteiger partial charge >= 0.3 is 12.0 Å². The van der Waals surface area contributed by atoms with Crippen molar-refractivity contribution >= 4 is 45.2 Å². The zero-order valence-corrected chi connectivity index (χ0v) is 12.2. The van der Waals surface area contributed by atoms with Crippen molar-refractivity contribution in [2.75, 3.05) is 11.9 Å². The number of aliphatic hydroxyl groups is 1. The van der Waals surface area contributed by atoms with E-state index in [1.165, 1.54) is 0 Å². The number of aliphatic carboxylic acids is 1. The summed E-state index contributed by atoms with van der Waals surface area (Å²) in [6.45, 7) is 0.657. The minimum atomic E-state index is -2.03. The van der Waals surface area contributed by atoms with Crippen molar-refractivity contribution < 1.29 is 19.8 Å². The molecule has 0 radical (unpaired) electrons. The minimum absolute atomic E-state index is 0.328. The van der Waals surface area contributed by atoms with E-state index in [0.717, 1.165) is 11.4 Å². The van der Waals surface area contributed by atoms with Crippen molar-refractivity contribution in [3.05, 3.63) is 27.7 Å². The summed E-state index contributed by atoms with van der Waals surface area (Å²) < 4.78 is 0.761. The molecule has 1 atom stereocenters. The fraction of sp³-hybridized carbons (Fsp3) is 0.273. The first-order valence-electron chi connectivity index (χ1n) is 5.18. The van der Waals surface area contributed by atoms with E-state index in [-0.39, 0.29) is 0 Å². The summed E-state index contributed by atoms with van der Waals surface area (Å²) in [5.74, 6) is -1.42. The van der Waals surface area contributed by atoms with Gasteiger partial charge in [-0.15, -0.1) is 0 Å². The van der Waals surface area contributed by atoms with Gasteiger partial charge in [-0.2, -0.15) is 0 Å². The molecule has 0 aliphatic heterocycles. The maximum absolute atomic E-state index is 11.5. The molecule has 0 heterocycles. The van der Waals surface area contributed by atoms with Gasteiger partial charge in [0.2, 0.25) is 0 Å². The number of anilines is 1. The third-order valence-corrected chi connectivity index (χ3v) is 3.04. The van der Waals surface area contributed by atoms with Crippen LogP contribution in [0.4, 0.5) is 10.5 Å². The number of rotatable bonds is 4. The first-order chi connectivity index (χ1) is 8.72. The van der Waals surface area contributed by atoms with Crippen LogP contribution in [0.1, 0.15) is 6.92 Å². The van der Waals surface area contributed by atoms with E-state index in [9.17, 15) is 14.7 Å². The Kier molecular flexibility index (Phi) is 5.16. The summed E-state index contributed by atoms with van der Waals surface area (Å²) in [5.41, 5.74) is -1.65. The number of hydrogen-bond acceptors (Lipinski definition) is 3. The van der Waals surface area contributed by atoms with Crippen LogP contribution in [0.25, 0.3) is 0 Å². The zero-order chi connectivity index (χ0) is 14.6. The van der Waals surface area contributed by atoms with E-state index in [1.54, 1.807) is 18.2 Å². The van der Waals surface area contributed by atoms with Crippen LogP contribution in [-0.2, 0) is 4.79 Å². The van der Waals surface area contributed by atoms with Crippen molar-refractivity contribution in [2.45, 2.75) is 12.5 Å². The molecule has 0 aliphatic carbocycles. The van der Waals surface area contributed by atoms with E-state index in [0.29, 0.717) is 10.7 Å². The maximum atomic E-state index is 11.5. The Labute approximate surface area is 122 Å². The van der Waals surface area contributed by atoms with Crippen molar-refractivity contribution in [3.63, 3.8) is 0 Å². The van der Waals surface area contributed by atoms with E-state index in [1.807, 2.05) is 0 Å². The number of urea groups is 1. The van der Waals surface area contributed by atoms with Crippen molar-refractivity contribution in [3.8, 4) is 0 Å². The predicted molar refractivity (Wildman–Crippen MR) is 74.4 cm³/mol. The lowest BCUT2D eigenvalue weighted by Gasteiger charge is -2.18. The Morgan fingerprint density at radius 3 is 2.63 bits per heavy atom. The van der Waals surface area contributed by atoms with Crippen LogP contribution in [-0.4, -0.2) is 34.4 Å². The number of amides is 2. The maximum Gasteiger partial charge on any atom is 0.337 e. The van der Waals surface area contributed by atoms with Gasteiger partial charge < -0.3 is 20.8 Å². The lowest BCUT2D eigenvalue weighted by Crippen LogP contribution is -2.47. The molecule has 0 aliphatic rings. The quantitative estimate of drug-likeness (QED) is 0.667. The molecule has 1 rings (SSSR count). The smallest absolute Gasteiger partial charge is 0.337 e.